The lowest BCUT2D eigenvalue weighted by Crippen LogP contribution is -2.45. The number of aliphatic carboxylic acids is 1. The van der Waals surface area contributed by atoms with Gasteiger partial charge < -0.3 is 25.4 Å². The van der Waals surface area contributed by atoms with Crippen molar-refractivity contribution >= 4 is 11.9 Å². The summed E-state index contributed by atoms with van der Waals surface area (Å²) >= 11 is 0. The predicted molar refractivity (Wildman–Crippen MR) is 78.3 cm³/mol. The maximum Gasteiger partial charge on any atom is 0.335 e. The second-order valence-corrected chi connectivity index (χ2v) is 5.29. The van der Waals surface area contributed by atoms with E-state index in [-0.39, 0.29) is 6.54 Å². The summed E-state index contributed by atoms with van der Waals surface area (Å²) in [6, 6.07) is 7.00. The van der Waals surface area contributed by atoms with Crippen molar-refractivity contribution in [2.24, 2.45) is 5.92 Å². The summed E-state index contributed by atoms with van der Waals surface area (Å²) in [5.41, 5.74) is 0.752. The molecule has 0 saturated carbocycles. The number of aliphatic hydroxyl groups is 2. The van der Waals surface area contributed by atoms with Crippen LogP contribution in [0.5, 0.6) is 5.75 Å². The number of rotatable bonds is 8. The van der Waals surface area contributed by atoms with Gasteiger partial charge in [0.15, 0.2) is 12.2 Å². The first-order chi connectivity index (χ1) is 10.3. The minimum absolute atomic E-state index is 0.104. The lowest BCUT2D eigenvalue weighted by Gasteiger charge is -2.14. The van der Waals surface area contributed by atoms with E-state index >= 15 is 0 Å². The molecule has 0 aliphatic carbocycles. The summed E-state index contributed by atoms with van der Waals surface area (Å²) in [5, 5.41) is 29.3. The Balaban J connectivity index is 2.47. The molecule has 0 saturated heterocycles. The largest absolute Gasteiger partial charge is 0.493 e. The molecule has 0 heterocycles. The first kappa shape index (κ1) is 17.9. The molecule has 22 heavy (non-hydrogen) atoms. The van der Waals surface area contributed by atoms with Crippen LogP contribution < -0.4 is 10.1 Å². The number of aliphatic hydroxyl groups excluding tert-OH is 2. The van der Waals surface area contributed by atoms with Crippen LogP contribution in [0.1, 0.15) is 19.4 Å². The number of ether oxygens (including phenoxy) is 1. The standard InChI is InChI=1S/C15H21NO6/c1-9(2)8-22-11-5-3-10(4-6-11)7-16-14(19)12(17)13(18)15(20)21/h3-6,9,12-13,17-18H,7-8H2,1-2H3,(H,16,19)(H,20,21). The predicted octanol–water partition coefficient (Wildman–Crippen LogP) is 0.144. The Kier molecular flexibility index (Phi) is 6.81. The summed E-state index contributed by atoms with van der Waals surface area (Å²) in [7, 11) is 0. The summed E-state index contributed by atoms with van der Waals surface area (Å²) in [5.74, 6) is -1.48. The third kappa shape index (κ3) is 5.71. The third-order valence-corrected chi connectivity index (χ3v) is 2.79. The van der Waals surface area contributed by atoms with E-state index < -0.39 is 24.1 Å². The van der Waals surface area contributed by atoms with E-state index in [1.54, 1.807) is 24.3 Å². The maximum absolute atomic E-state index is 11.5. The SMILES string of the molecule is CC(C)COc1ccc(CNC(=O)C(O)C(O)C(=O)O)cc1. The third-order valence-electron chi connectivity index (χ3n) is 2.79. The number of carboxylic acid groups (broad SMARTS) is 1. The molecule has 4 N–H and O–H groups in total. The quantitative estimate of drug-likeness (QED) is 0.543. The Labute approximate surface area is 128 Å². The number of nitrogens with one attached hydrogen (secondary N) is 1. The van der Waals surface area contributed by atoms with Gasteiger partial charge >= 0.3 is 5.97 Å². The molecule has 1 rings (SSSR count). The molecular weight excluding hydrogens is 290 g/mol. The Hall–Kier alpha value is -2.12. The minimum Gasteiger partial charge on any atom is -0.493 e. The average molecular weight is 311 g/mol. The fourth-order valence-electron chi connectivity index (χ4n) is 1.54. The number of carboxylic acids is 1. The number of benzene rings is 1. The van der Waals surface area contributed by atoms with Crippen LogP contribution in [0, 0.1) is 5.92 Å². The molecule has 0 aliphatic rings. The van der Waals surface area contributed by atoms with Gasteiger partial charge in [-0.3, -0.25) is 4.79 Å². The van der Waals surface area contributed by atoms with Gasteiger partial charge in [0.2, 0.25) is 0 Å². The molecule has 0 bridgehead atoms. The van der Waals surface area contributed by atoms with E-state index in [4.69, 9.17) is 14.9 Å². The topological polar surface area (TPSA) is 116 Å². The van der Waals surface area contributed by atoms with Crippen molar-refractivity contribution in [3.8, 4) is 5.75 Å². The first-order valence-corrected chi connectivity index (χ1v) is 6.89. The highest BCUT2D eigenvalue weighted by atomic mass is 16.5. The Morgan fingerprint density at radius 2 is 1.73 bits per heavy atom. The number of hydrogen-bond donors (Lipinski definition) is 4. The van der Waals surface area contributed by atoms with Gasteiger partial charge in [-0.1, -0.05) is 26.0 Å². The molecule has 0 fully saturated rings. The van der Waals surface area contributed by atoms with Gasteiger partial charge in [0.05, 0.1) is 6.61 Å². The maximum atomic E-state index is 11.5. The van der Waals surface area contributed by atoms with Crippen LogP contribution in [0.25, 0.3) is 0 Å². The van der Waals surface area contributed by atoms with Crippen molar-refractivity contribution in [1.29, 1.82) is 0 Å². The zero-order chi connectivity index (χ0) is 16.7. The fourth-order valence-corrected chi connectivity index (χ4v) is 1.54. The van der Waals surface area contributed by atoms with Crippen LogP contribution >= 0.6 is 0 Å². The van der Waals surface area contributed by atoms with Gasteiger partial charge in [0, 0.05) is 6.54 Å². The van der Waals surface area contributed by atoms with Gasteiger partial charge in [-0.05, 0) is 23.6 Å². The highest BCUT2D eigenvalue weighted by Gasteiger charge is 2.29. The summed E-state index contributed by atoms with van der Waals surface area (Å²) in [6.45, 7) is 4.80. The van der Waals surface area contributed by atoms with Gasteiger partial charge in [0.25, 0.3) is 5.91 Å². The number of amides is 1. The molecule has 0 aliphatic heterocycles. The second kappa shape index (κ2) is 8.35. The monoisotopic (exact) mass is 311 g/mol. The number of hydrogen-bond acceptors (Lipinski definition) is 5. The van der Waals surface area contributed by atoms with Crippen molar-refractivity contribution in [3.05, 3.63) is 29.8 Å². The smallest absolute Gasteiger partial charge is 0.335 e. The first-order valence-electron chi connectivity index (χ1n) is 6.89. The molecule has 1 aromatic rings. The van der Waals surface area contributed by atoms with Gasteiger partial charge in [-0.2, -0.15) is 0 Å². The Bertz CT molecular complexity index is 499. The molecule has 1 amide bonds. The van der Waals surface area contributed by atoms with Crippen LogP contribution in [0.3, 0.4) is 0 Å². The van der Waals surface area contributed by atoms with Crippen LogP contribution in [-0.2, 0) is 16.1 Å². The van der Waals surface area contributed by atoms with E-state index in [1.807, 2.05) is 13.8 Å². The molecule has 7 heteroatoms. The zero-order valence-corrected chi connectivity index (χ0v) is 12.5. The van der Waals surface area contributed by atoms with Gasteiger partial charge in [-0.25, -0.2) is 4.79 Å². The average Bonchev–Trinajstić information content (AvgIpc) is 2.49. The molecule has 0 aromatic heterocycles. The van der Waals surface area contributed by atoms with Crippen LogP contribution in [0.15, 0.2) is 24.3 Å². The van der Waals surface area contributed by atoms with Crippen molar-refractivity contribution in [2.45, 2.75) is 32.6 Å². The highest BCUT2D eigenvalue weighted by Crippen LogP contribution is 2.13. The van der Waals surface area contributed by atoms with Crippen LogP contribution in [0.4, 0.5) is 0 Å². The number of carbonyl (C=O) groups is 2. The van der Waals surface area contributed by atoms with Crippen molar-refractivity contribution in [3.63, 3.8) is 0 Å². The van der Waals surface area contributed by atoms with E-state index in [1.165, 1.54) is 0 Å². The fraction of sp³-hybridized carbons (Fsp3) is 0.467. The second-order valence-electron chi connectivity index (χ2n) is 5.29. The Morgan fingerprint density at radius 1 is 1.14 bits per heavy atom. The zero-order valence-electron chi connectivity index (χ0n) is 12.5. The Morgan fingerprint density at radius 3 is 2.23 bits per heavy atom. The summed E-state index contributed by atoms with van der Waals surface area (Å²) in [6.07, 6.45) is -4.15. The molecule has 7 nitrogen and oxygen atoms in total. The molecule has 122 valence electrons. The lowest BCUT2D eigenvalue weighted by molar-refractivity contribution is -0.158. The van der Waals surface area contributed by atoms with Crippen LogP contribution in [0.2, 0.25) is 0 Å². The van der Waals surface area contributed by atoms with Crippen molar-refractivity contribution < 1.29 is 29.6 Å². The van der Waals surface area contributed by atoms with E-state index in [9.17, 15) is 14.7 Å². The molecule has 2 unspecified atom stereocenters. The molecular formula is C15H21NO6. The molecule has 2 atom stereocenters. The van der Waals surface area contributed by atoms with Crippen molar-refractivity contribution in [2.75, 3.05) is 6.61 Å². The summed E-state index contributed by atoms with van der Waals surface area (Å²) < 4.78 is 5.52. The molecule has 1 aromatic carbocycles. The highest BCUT2D eigenvalue weighted by molar-refractivity contribution is 5.87. The summed E-state index contributed by atoms with van der Waals surface area (Å²) in [4.78, 5) is 22.0. The van der Waals surface area contributed by atoms with Crippen LogP contribution in [-0.4, -0.2) is 46.0 Å². The molecule has 0 spiro atoms. The number of carbonyl (C=O) groups excluding carboxylic acids is 1. The lowest BCUT2D eigenvalue weighted by atomic mass is 10.1. The van der Waals surface area contributed by atoms with Gasteiger partial charge in [-0.15, -0.1) is 0 Å². The van der Waals surface area contributed by atoms with E-state index in [0.29, 0.717) is 18.3 Å². The van der Waals surface area contributed by atoms with E-state index in [0.717, 1.165) is 5.56 Å². The normalized spacial score (nSPS) is 13.5. The van der Waals surface area contributed by atoms with E-state index in [2.05, 4.69) is 5.32 Å². The van der Waals surface area contributed by atoms with Gasteiger partial charge in [0.1, 0.15) is 5.75 Å². The van der Waals surface area contributed by atoms with Crippen molar-refractivity contribution in [1.82, 2.24) is 5.32 Å². The minimum atomic E-state index is -2.15. The molecule has 0 radical (unpaired) electrons.